The molecule has 0 aliphatic carbocycles. The van der Waals surface area contributed by atoms with Gasteiger partial charge in [0.05, 0.1) is 0 Å². The maximum absolute atomic E-state index is 5.37. The van der Waals surface area contributed by atoms with Gasteiger partial charge in [0.2, 0.25) is 0 Å². The predicted molar refractivity (Wildman–Crippen MR) is 88.8 cm³/mol. The predicted octanol–water partition coefficient (Wildman–Crippen LogP) is 2.28. The van der Waals surface area contributed by atoms with E-state index < -0.39 is 0 Å². The summed E-state index contributed by atoms with van der Waals surface area (Å²) < 4.78 is 0. The molecule has 1 rings (SSSR count). The first-order valence-electron chi connectivity index (χ1n) is 6.29. The Morgan fingerprint density at radius 1 is 1.21 bits per heavy atom. The minimum Gasteiger partial charge on any atom is -0.361 e. The molecule has 1 aromatic rings. The quantitative estimate of drug-likeness (QED) is 0.639. The zero-order valence-electron chi connectivity index (χ0n) is 12.1. The SMILES string of the molecule is CSc1ccc(CN(C)C(=S)NCCN(C)C)cc1. The van der Waals surface area contributed by atoms with E-state index in [0.29, 0.717) is 0 Å². The molecule has 3 nitrogen and oxygen atoms in total. The van der Waals surface area contributed by atoms with Crippen LogP contribution in [0.25, 0.3) is 0 Å². The minimum atomic E-state index is 0.802. The molecule has 19 heavy (non-hydrogen) atoms. The zero-order valence-corrected chi connectivity index (χ0v) is 13.8. The first-order valence-corrected chi connectivity index (χ1v) is 7.93. The van der Waals surface area contributed by atoms with Crippen molar-refractivity contribution in [1.29, 1.82) is 0 Å². The molecule has 0 heterocycles. The number of hydrogen-bond donors (Lipinski definition) is 1. The molecule has 0 bridgehead atoms. The van der Waals surface area contributed by atoms with Crippen LogP contribution in [0.3, 0.4) is 0 Å². The number of nitrogens with one attached hydrogen (secondary N) is 1. The van der Waals surface area contributed by atoms with Gasteiger partial charge in [0.15, 0.2) is 5.11 Å². The first-order chi connectivity index (χ1) is 9.02. The van der Waals surface area contributed by atoms with Gasteiger partial charge >= 0.3 is 0 Å². The molecule has 0 unspecified atom stereocenters. The number of benzene rings is 1. The third-order valence-electron chi connectivity index (χ3n) is 2.76. The van der Waals surface area contributed by atoms with Crippen LogP contribution in [0.5, 0.6) is 0 Å². The summed E-state index contributed by atoms with van der Waals surface area (Å²) in [6.07, 6.45) is 2.09. The smallest absolute Gasteiger partial charge is 0.169 e. The normalized spacial score (nSPS) is 10.6. The molecule has 0 aliphatic rings. The van der Waals surface area contributed by atoms with Crippen molar-refractivity contribution in [3.05, 3.63) is 29.8 Å². The van der Waals surface area contributed by atoms with E-state index in [1.165, 1.54) is 10.5 Å². The fourth-order valence-electron chi connectivity index (χ4n) is 1.60. The topological polar surface area (TPSA) is 18.5 Å². The molecule has 0 radical (unpaired) electrons. The number of thiocarbonyl (C=S) groups is 1. The molecule has 106 valence electrons. The Bertz CT molecular complexity index is 390. The summed E-state index contributed by atoms with van der Waals surface area (Å²) in [6, 6.07) is 8.61. The molecule has 0 saturated carbocycles. The molecule has 0 spiro atoms. The highest BCUT2D eigenvalue weighted by atomic mass is 32.2. The van der Waals surface area contributed by atoms with Crippen LogP contribution in [0, 0.1) is 0 Å². The lowest BCUT2D eigenvalue weighted by Crippen LogP contribution is -2.39. The van der Waals surface area contributed by atoms with Crippen LogP contribution in [0.1, 0.15) is 5.56 Å². The number of likely N-dealkylation sites (N-methyl/N-ethyl adjacent to an activating group) is 1. The lowest BCUT2D eigenvalue weighted by Gasteiger charge is -2.22. The van der Waals surface area contributed by atoms with Gasteiger partial charge in [-0.05, 0) is 50.3 Å². The Labute approximate surface area is 126 Å². The molecular formula is C14H23N3S2. The monoisotopic (exact) mass is 297 g/mol. The Kier molecular flexibility index (Phi) is 7.20. The Morgan fingerprint density at radius 2 is 1.84 bits per heavy atom. The van der Waals surface area contributed by atoms with E-state index in [1.807, 2.05) is 7.05 Å². The molecule has 0 fully saturated rings. The summed E-state index contributed by atoms with van der Waals surface area (Å²) in [6.45, 7) is 2.69. The van der Waals surface area contributed by atoms with E-state index >= 15 is 0 Å². The van der Waals surface area contributed by atoms with Crippen molar-refractivity contribution in [2.75, 3.05) is 40.5 Å². The zero-order chi connectivity index (χ0) is 14.3. The third-order valence-corrected chi connectivity index (χ3v) is 3.96. The average Bonchev–Trinajstić information content (AvgIpc) is 2.39. The van der Waals surface area contributed by atoms with Gasteiger partial charge in [-0.15, -0.1) is 11.8 Å². The Morgan fingerprint density at radius 3 is 2.37 bits per heavy atom. The summed E-state index contributed by atoms with van der Waals surface area (Å²) >= 11 is 7.13. The number of hydrogen-bond acceptors (Lipinski definition) is 3. The number of nitrogens with zero attached hydrogens (tertiary/aromatic N) is 2. The second kappa shape index (κ2) is 8.40. The molecule has 0 aliphatic heterocycles. The average molecular weight is 297 g/mol. The fourth-order valence-corrected chi connectivity index (χ4v) is 2.17. The van der Waals surface area contributed by atoms with Crippen LogP contribution in [0.2, 0.25) is 0 Å². The Hall–Kier alpha value is -0.780. The van der Waals surface area contributed by atoms with Gasteiger partial charge in [-0.2, -0.15) is 0 Å². The maximum atomic E-state index is 5.37. The fraction of sp³-hybridized carbons (Fsp3) is 0.500. The summed E-state index contributed by atoms with van der Waals surface area (Å²) in [7, 11) is 6.14. The van der Waals surface area contributed by atoms with E-state index in [1.54, 1.807) is 11.8 Å². The molecule has 1 aromatic carbocycles. The van der Waals surface area contributed by atoms with E-state index in [9.17, 15) is 0 Å². The maximum Gasteiger partial charge on any atom is 0.169 e. The standard InChI is InChI=1S/C14H23N3S2/c1-16(2)10-9-15-14(18)17(3)11-12-5-7-13(19-4)8-6-12/h5-8H,9-11H2,1-4H3,(H,15,18). The second-order valence-corrected chi connectivity index (χ2v) is 6.01. The molecular weight excluding hydrogens is 274 g/mol. The van der Waals surface area contributed by atoms with Crippen molar-refractivity contribution >= 4 is 29.1 Å². The highest BCUT2D eigenvalue weighted by Crippen LogP contribution is 2.15. The van der Waals surface area contributed by atoms with Gasteiger partial charge in [-0.1, -0.05) is 12.1 Å². The van der Waals surface area contributed by atoms with Crippen LogP contribution < -0.4 is 5.32 Å². The molecule has 5 heteroatoms. The van der Waals surface area contributed by atoms with Crippen LogP contribution in [0.15, 0.2) is 29.2 Å². The molecule has 0 aromatic heterocycles. The lowest BCUT2D eigenvalue weighted by molar-refractivity contribution is 0.406. The third kappa shape index (κ3) is 6.27. The minimum absolute atomic E-state index is 0.802. The number of rotatable bonds is 6. The number of thioether (sulfide) groups is 1. The largest absolute Gasteiger partial charge is 0.361 e. The van der Waals surface area contributed by atoms with E-state index in [-0.39, 0.29) is 0 Å². The molecule has 0 atom stereocenters. The molecule has 0 amide bonds. The van der Waals surface area contributed by atoms with Crippen molar-refractivity contribution < 1.29 is 0 Å². The Balaban J connectivity index is 2.40. The van der Waals surface area contributed by atoms with Gasteiger partial charge in [-0.3, -0.25) is 0 Å². The van der Waals surface area contributed by atoms with E-state index in [0.717, 1.165) is 24.7 Å². The van der Waals surface area contributed by atoms with Gasteiger partial charge in [0.1, 0.15) is 0 Å². The summed E-state index contributed by atoms with van der Waals surface area (Å²) in [5, 5.41) is 4.07. The van der Waals surface area contributed by atoms with E-state index in [4.69, 9.17) is 12.2 Å². The van der Waals surface area contributed by atoms with Crippen molar-refractivity contribution in [2.24, 2.45) is 0 Å². The first kappa shape index (κ1) is 16.3. The highest BCUT2D eigenvalue weighted by Gasteiger charge is 2.04. The van der Waals surface area contributed by atoms with Crippen molar-refractivity contribution in [3.63, 3.8) is 0 Å². The van der Waals surface area contributed by atoms with Crippen LogP contribution >= 0.6 is 24.0 Å². The summed E-state index contributed by atoms with van der Waals surface area (Å²) in [5.74, 6) is 0. The van der Waals surface area contributed by atoms with E-state index in [2.05, 4.69) is 59.7 Å². The molecule has 1 N–H and O–H groups in total. The van der Waals surface area contributed by atoms with Crippen LogP contribution in [-0.2, 0) is 6.54 Å². The second-order valence-electron chi connectivity index (χ2n) is 4.74. The lowest BCUT2D eigenvalue weighted by atomic mass is 10.2. The highest BCUT2D eigenvalue weighted by molar-refractivity contribution is 7.98. The van der Waals surface area contributed by atoms with Gasteiger partial charge in [0, 0.05) is 31.6 Å². The van der Waals surface area contributed by atoms with Crippen molar-refractivity contribution in [2.45, 2.75) is 11.4 Å². The van der Waals surface area contributed by atoms with Gasteiger partial charge in [0.25, 0.3) is 0 Å². The molecule has 0 saturated heterocycles. The van der Waals surface area contributed by atoms with Crippen molar-refractivity contribution in [3.8, 4) is 0 Å². The van der Waals surface area contributed by atoms with Crippen LogP contribution in [-0.4, -0.2) is 55.4 Å². The van der Waals surface area contributed by atoms with Crippen molar-refractivity contribution in [1.82, 2.24) is 15.1 Å². The summed E-state index contributed by atoms with van der Waals surface area (Å²) in [4.78, 5) is 5.49. The van der Waals surface area contributed by atoms with Crippen LogP contribution in [0.4, 0.5) is 0 Å². The van der Waals surface area contributed by atoms with Gasteiger partial charge in [-0.25, -0.2) is 0 Å². The summed E-state index contributed by atoms with van der Waals surface area (Å²) in [5.41, 5.74) is 1.28. The van der Waals surface area contributed by atoms with Gasteiger partial charge < -0.3 is 15.1 Å².